The lowest BCUT2D eigenvalue weighted by Gasteiger charge is -2.53. The molecule has 0 radical (unpaired) electrons. The Hall–Kier alpha value is 0. The first-order valence-corrected chi connectivity index (χ1v) is 13.6. The van der Waals surface area contributed by atoms with Crippen molar-refractivity contribution in [2.24, 2.45) is 46.8 Å². The van der Waals surface area contributed by atoms with Gasteiger partial charge in [-0.05, 0) is 78.9 Å². The SMILES string of the molecule is CC1CCCC(C)(C(CC(C)C2CCCCC2)C2CCCC3CCCCC32)C1. The van der Waals surface area contributed by atoms with Gasteiger partial charge < -0.3 is 0 Å². The van der Waals surface area contributed by atoms with Crippen molar-refractivity contribution in [3.8, 4) is 0 Å². The van der Waals surface area contributed by atoms with Gasteiger partial charge in [-0.2, -0.15) is 0 Å². The monoisotopic (exact) mass is 386 g/mol. The third-order valence-electron chi connectivity index (χ3n) is 10.4. The molecule has 28 heavy (non-hydrogen) atoms. The molecule has 0 heteroatoms. The van der Waals surface area contributed by atoms with Gasteiger partial charge in [0.05, 0.1) is 0 Å². The van der Waals surface area contributed by atoms with E-state index in [1.807, 2.05) is 0 Å². The zero-order chi connectivity index (χ0) is 19.6. The van der Waals surface area contributed by atoms with Crippen molar-refractivity contribution in [2.75, 3.05) is 0 Å². The van der Waals surface area contributed by atoms with Crippen LogP contribution < -0.4 is 0 Å². The highest BCUT2D eigenvalue weighted by Gasteiger charge is 2.47. The van der Waals surface area contributed by atoms with Crippen molar-refractivity contribution in [3.63, 3.8) is 0 Å². The lowest BCUT2D eigenvalue weighted by atomic mass is 9.52. The second kappa shape index (κ2) is 9.43. The summed E-state index contributed by atoms with van der Waals surface area (Å²) in [5.74, 6) is 7.29. The van der Waals surface area contributed by atoms with E-state index in [1.54, 1.807) is 38.5 Å². The van der Waals surface area contributed by atoms with Gasteiger partial charge in [0.1, 0.15) is 0 Å². The van der Waals surface area contributed by atoms with E-state index < -0.39 is 0 Å². The molecule has 4 rings (SSSR count). The molecule has 7 atom stereocenters. The zero-order valence-corrected chi connectivity index (χ0v) is 19.6. The van der Waals surface area contributed by atoms with Crippen LogP contribution in [0.2, 0.25) is 0 Å². The van der Waals surface area contributed by atoms with Crippen LogP contribution in [0, 0.1) is 46.8 Å². The molecule has 0 spiro atoms. The first-order valence-electron chi connectivity index (χ1n) is 13.6. The van der Waals surface area contributed by atoms with Crippen molar-refractivity contribution >= 4 is 0 Å². The van der Waals surface area contributed by atoms with Crippen LogP contribution in [0.4, 0.5) is 0 Å². The quantitative estimate of drug-likeness (QED) is 0.442. The molecule has 0 N–H and O–H groups in total. The molecular weight excluding hydrogens is 336 g/mol. The fourth-order valence-corrected chi connectivity index (χ4v) is 8.95. The van der Waals surface area contributed by atoms with Crippen LogP contribution in [0.25, 0.3) is 0 Å². The summed E-state index contributed by atoms with van der Waals surface area (Å²) in [5, 5.41) is 0. The van der Waals surface area contributed by atoms with Gasteiger partial charge >= 0.3 is 0 Å². The number of hydrogen-bond acceptors (Lipinski definition) is 0. The molecule has 0 aromatic heterocycles. The van der Waals surface area contributed by atoms with Gasteiger partial charge in [0, 0.05) is 0 Å². The first kappa shape index (κ1) is 21.2. The van der Waals surface area contributed by atoms with Crippen LogP contribution >= 0.6 is 0 Å². The van der Waals surface area contributed by atoms with Crippen molar-refractivity contribution in [1.29, 1.82) is 0 Å². The third-order valence-corrected chi connectivity index (χ3v) is 10.4. The summed E-state index contributed by atoms with van der Waals surface area (Å²) in [4.78, 5) is 0. The minimum Gasteiger partial charge on any atom is -0.0625 e. The predicted molar refractivity (Wildman–Crippen MR) is 122 cm³/mol. The minimum atomic E-state index is 0.643. The number of rotatable bonds is 5. The topological polar surface area (TPSA) is 0 Å². The summed E-state index contributed by atoms with van der Waals surface area (Å²) < 4.78 is 0. The van der Waals surface area contributed by atoms with Gasteiger partial charge in [-0.15, -0.1) is 0 Å². The molecule has 7 unspecified atom stereocenters. The molecule has 4 aliphatic rings. The van der Waals surface area contributed by atoms with Gasteiger partial charge in [-0.3, -0.25) is 0 Å². The number of fused-ring (bicyclic) bond motifs is 1. The molecule has 0 aliphatic heterocycles. The van der Waals surface area contributed by atoms with Crippen molar-refractivity contribution in [3.05, 3.63) is 0 Å². The van der Waals surface area contributed by atoms with Crippen LogP contribution in [-0.4, -0.2) is 0 Å². The van der Waals surface area contributed by atoms with Crippen molar-refractivity contribution in [2.45, 2.75) is 130 Å². The highest BCUT2D eigenvalue weighted by atomic mass is 14.5. The molecule has 0 amide bonds. The van der Waals surface area contributed by atoms with E-state index in [0.717, 1.165) is 41.4 Å². The molecule has 0 aromatic rings. The van der Waals surface area contributed by atoms with Gasteiger partial charge in [-0.1, -0.05) is 97.8 Å². The van der Waals surface area contributed by atoms with E-state index in [9.17, 15) is 0 Å². The normalized spacial score (nSPS) is 42.5. The largest absolute Gasteiger partial charge is 0.0625 e. The minimum absolute atomic E-state index is 0.643. The maximum atomic E-state index is 2.76. The maximum absolute atomic E-state index is 2.76. The lowest BCUT2D eigenvalue weighted by molar-refractivity contribution is -0.0341. The second-order valence-electron chi connectivity index (χ2n) is 12.4. The Morgan fingerprint density at radius 2 is 1.50 bits per heavy atom. The fraction of sp³-hybridized carbons (Fsp3) is 1.00. The highest BCUT2D eigenvalue weighted by Crippen LogP contribution is 2.57. The van der Waals surface area contributed by atoms with Crippen molar-refractivity contribution < 1.29 is 0 Å². The van der Waals surface area contributed by atoms with E-state index in [-0.39, 0.29) is 0 Å². The Morgan fingerprint density at radius 3 is 2.29 bits per heavy atom. The van der Waals surface area contributed by atoms with Crippen LogP contribution in [0.15, 0.2) is 0 Å². The molecule has 0 bridgehead atoms. The summed E-state index contributed by atoms with van der Waals surface area (Å²) >= 11 is 0. The molecule has 0 nitrogen and oxygen atoms in total. The molecule has 0 aromatic carbocycles. The molecule has 4 fully saturated rings. The highest BCUT2D eigenvalue weighted by molar-refractivity contribution is 4.97. The number of hydrogen-bond donors (Lipinski definition) is 0. The summed E-state index contributed by atoms with van der Waals surface area (Å²) in [7, 11) is 0. The molecule has 0 heterocycles. The first-order chi connectivity index (χ1) is 13.6. The summed E-state index contributed by atoms with van der Waals surface area (Å²) in [6.45, 7) is 7.98. The Morgan fingerprint density at radius 1 is 0.786 bits per heavy atom. The van der Waals surface area contributed by atoms with Gasteiger partial charge in [-0.25, -0.2) is 0 Å². The van der Waals surface area contributed by atoms with Gasteiger partial charge in [0.25, 0.3) is 0 Å². The fourth-order valence-electron chi connectivity index (χ4n) is 8.95. The smallest absolute Gasteiger partial charge is 0.0292 e. The van der Waals surface area contributed by atoms with E-state index in [0.29, 0.717) is 5.41 Å². The molecule has 4 saturated carbocycles. The van der Waals surface area contributed by atoms with E-state index in [1.165, 1.54) is 70.6 Å². The van der Waals surface area contributed by atoms with Crippen LogP contribution in [0.3, 0.4) is 0 Å². The summed E-state index contributed by atoms with van der Waals surface area (Å²) in [6.07, 6.45) is 26.2. The Labute approximate surface area is 177 Å². The Kier molecular flexibility index (Phi) is 7.15. The van der Waals surface area contributed by atoms with E-state index in [2.05, 4.69) is 20.8 Å². The summed E-state index contributed by atoms with van der Waals surface area (Å²) in [5.41, 5.74) is 0.643. The van der Waals surface area contributed by atoms with E-state index >= 15 is 0 Å². The second-order valence-corrected chi connectivity index (χ2v) is 12.4. The molecule has 4 aliphatic carbocycles. The zero-order valence-electron chi connectivity index (χ0n) is 19.6. The predicted octanol–water partition coefficient (Wildman–Crippen LogP) is 9.03. The third kappa shape index (κ3) is 4.67. The van der Waals surface area contributed by atoms with Gasteiger partial charge in [0.15, 0.2) is 0 Å². The maximum Gasteiger partial charge on any atom is -0.0292 e. The molecular formula is C28H50. The van der Waals surface area contributed by atoms with Crippen molar-refractivity contribution in [1.82, 2.24) is 0 Å². The molecule has 162 valence electrons. The average molecular weight is 387 g/mol. The van der Waals surface area contributed by atoms with Gasteiger partial charge in [0.2, 0.25) is 0 Å². The Bertz CT molecular complexity index is 472. The van der Waals surface area contributed by atoms with E-state index in [4.69, 9.17) is 0 Å². The molecule has 0 saturated heterocycles. The Balaban J connectivity index is 1.55. The lowest BCUT2D eigenvalue weighted by Crippen LogP contribution is -2.44. The standard InChI is InChI=1S/C28H50/c1-21-11-10-18-28(3,20-21)27(19-22(2)23-12-5-4-6-13-23)26-17-9-15-24-14-7-8-16-25(24)26/h21-27H,4-20H2,1-3H3. The van der Waals surface area contributed by atoms with Crippen LogP contribution in [-0.2, 0) is 0 Å². The van der Waals surface area contributed by atoms with Crippen LogP contribution in [0.5, 0.6) is 0 Å². The summed E-state index contributed by atoms with van der Waals surface area (Å²) in [6, 6.07) is 0. The van der Waals surface area contributed by atoms with Crippen LogP contribution in [0.1, 0.15) is 130 Å². The average Bonchev–Trinajstić information content (AvgIpc) is 2.72.